The normalized spacial score (nSPS) is 10.7. The van der Waals surface area contributed by atoms with Gasteiger partial charge in [0.1, 0.15) is 18.1 Å². The molecule has 21 heavy (non-hydrogen) atoms. The van der Waals surface area contributed by atoms with Crippen molar-refractivity contribution in [2.24, 2.45) is 0 Å². The van der Waals surface area contributed by atoms with Crippen molar-refractivity contribution in [3.05, 3.63) is 54.0 Å². The van der Waals surface area contributed by atoms with Crippen LogP contribution in [0.1, 0.15) is 16.3 Å². The number of aromatic hydroxyl groups is 1. The second kappa shape index (κ2) is 5.12. The zero-order valence-electron chi connectivity index (χ0n) is 10.8. The van der Waals surface area contributed by atoms with E-state index in [0.717, 1.165) is 0 Å². The fraction of sp³-hybridized carbons (Fsp3) is 0.0714. The number of phenolic OH excluding ortho intramolecular Hbond substituents is 1. The first-order valence-corrected chi connectivity index (χ1v) is 6.13. The number of aromatic nitrogens is 3. The molecular formula is C14H11N3O4. The smallest absolute Gasteiger partial charge is 0.354 e. The molecule has 3 rings (SSSR count). The average Bonchev–Trinajstić information content (AvgIpc) is 2.87. The summed E-state index contributed by atoms with van der Waals surface area (Å²) in [6.07, 6.45) is 0. The predicted octanol–water partition coefficient (Wildman–Crippen LogP) is 1.71. The molecule has 1 aromatic carbocycles. The third kappa shape index (κ3) is 2.62. The van der Waals surface area contributed by atoms with E-state index in [2.05, 4.69) is 10.1 Å². The van der Waals surface area contributed by atoms with Gasteiger partial charge in [-0.15, -0.1) is 5.10 Å². The number of ether oxygens (including phenoxy) is 1. The fourth-order valence-corrected chi connectivity index (χ4v) is 1.89. The van der Waals surface area contributed by atoms with Crippen molar-refractivity contribution in [3.63, 3.8) is 0 Å². The van der Waals surface area contributed by atoms with Crippen LogP contribution >= 0.6 is 0 Å². The molecule has 0 atom stereocenters. The maximum Gasteiger partial charge on any atom is 0.354 e. The van der Waals surface area contributed by atoms with Crippen molar-refractivity contribution < 1.29 is 19.7 Å². The van der Waals surface area contributed by atoms with E-state index in [0.29, 0.717) is 17.2 Å². The maximum atomic E-state index is 11.1. The van der Waals surface area contributed by atoms with Crippen LogP contribution < -0.4 is 4.74 Å². The van der Waals surface area contributed by atoms with Gasteiger partial charge in [0.15, 0.2) is 17.2 Å². The molecule has 2 heterocycles. The van der Waals surface area contributed by atoms with Crippen molar-refractivity contribution in [2.45, 2.75) is 6.61 Å². The van der Waals surface area contributed by atoms with Crippen molar-refractivity contribution in [2.75, 3.05) is 0 Å². The predicted molar refractivity (Wildman–Crippen MR) is 72.4 cm³/mol. The summed E-state index contributed by atoms with van der Waals surface area (Å²) in [6.45, 7) is 0.0736. The molecule has 7 nitrogen and oxygen atoms in total. The molecule has 3 aromatic rings. The Labute approximate surface area is 119 Å². The lowest BCUT2D eigenvalue weighted by Gasteiger charge is -2.03. The van der Waals surface area contributed by atoms with Crippen LogP contribution in [0.4, 0.5) is 0 Å². The Morgan fingerprint density at radius 2 is 2.05 bits per heavy atom. The summed E-state index contributed by atoms with van der Waals surface area (Å²) in [5, 5.41) is 22.5. The van der Waals surface area contributed by atoms with Gasteiger partial charge in [-0.1, -0.05) is 12.1 Å². The van der Waals surface area contributed by atoms with Crippen LogP contribution in [-0.2, 0) is 6.61 Å². The molecule has 0 spiro atoms. The van der Waals surface area contributed by atoms with Crippen LogP contribution in [0.5, 0.6) is 11.5 Å². The number of nitrogens with zero attached hydrogens (tertiary/aromatic N) is 3. The number of hydrogen-bond acceptors (Lipinski definition) is 5. The van der Waals surface area contributed by atoms with E-state index in [1.54, 1.807) is 24.3 Å². The molecule has 0 unspecified atom stereocenters. The number of fused-ring (bicyclic) bond motifs is 1. The standard InChI is InChI=1S/C14H11N3O4/c18-9-3-1-4-10(7-9)21-8-12-15-13-6-2-5-11(14(19)20)17(13)16-12/h1-7,18H,8H2,(H,19,20). The number of hydrogen-bond donors (Lipinski definition) is 2. The molecule has 0 aliphatic heterocycles. The highest BCUT2D eigenvalue weighted by molar-refractivity contribution is 5.86. The largest absolute Gasteiger partial charge is 0.508 e. The van der Waals surface area contributed by atoms with Crippen LogP contribution in [0.25, 0.3) is 5.65 Å². The summed E-state index contributed by atoms with van der Waals surface area (Å²) in [7, 11) is 0. The van der Waals surface area contributed by atoms with Gasteiger partial charge in [0, 0.05) is 6.07 Å². The monoisotopic (exact) mass is 285 g/mol. The van der Waals surface area contributed by atoms with E-state index in [9.17, 15) is 9.90 Å². The summed E-state index contributed by atoms with van der Waals surface area (Å²) in [5.41, 5.74) is 0.466. The maximum absolute atomic E-state index is 11.1. The van der Waals surface area contributed by atoms with Crippen LogP contribution in [0.15, 0.2) is 42.5 Å². The zero-order chi connectivity index (χ0) is 14.8. The topological polar surface area (TPSA) is 97.0 Å². The molecule has 0 saturated heterocycles. The van der Waals surface area contributed by atoms with Gasteiger partial charge in [-0.3, -0.25) is 0 Å². The Kier molecular flexibility index (Phi) is 3.15. The van der Waals surface area contributed by atoms with Crippen molar-refractivity contribution in [3.8, 4) is 11.5 Å². The number of benzene rings is 1. The second-order valence-corrected chi connectivity index (χ2v) is 4.30. The molecular weight excluding hydrogens is 274 g/mol. The average molecular weight is 285 g/mol. The summed E-state index contributed by atoms with van der Waals surface area (Å²) >= 11 is 0. The summed E-state index contributed by atoms with van der Waals surface area (Å²) in [6, 6.07) is 11.1. The molecule has 0 bridgehead atoms. The number of phenols is 1. The first-order valence-electron chi connectivity index (χ1n) is 6.13. The molecule has 0 aliphatic carbocycles. The van der Waals surface area contributed by atoms with Crippen LogP contribution in [0, 0.1) is 0 Å². The molecule has 2 N–H and O–H groups in total. The van der Waals surface area contributed by atoms with E-state index in [1.807, 2.05) is 0 Å². The van der Waals surface area contributed by atoms with Crippen molar-refractivity contribution in [1.82, 2.24) is 14.6 Å². The minimum absolute atomic E-state index is 0.0311. The Balaban J connectivity index is 1.85. The Hall–Kier alpha value is -3.09. The molecule has 106 valence electrons. The first kappa shape index (κ1) is 12.9. The highest BCUT2D eigenvalue weighted by Gasteiger charge is 2.12. The Morgan fingerprint density at radius 3 is 2.81 bits per heavy atom. The summed E-state index contributed by atoms with van der Waals surface area (Å²) < 4.78 is 6.71. The van der Waals surface area contributed by atoms with Crippen LogP contribution in [0.2, 0.25) is 0 Å². The highest BCUT2D eigenvalue weighted by atomic mass is 16.5. The number of carboxylic acids is 1. The van der Waals surface area contributed by atoms with Crippen LogP contribution in [-0.4, -0.2) is 30.8 Å². The quantitative estimate of drug-likeness (QED) is 0.757. The van der Waals surface area contributed by atoms with E-state index in [-0.39, 0.29) is 18.1 Å². The van der Waals surface area contributed by atoms with Gasteiger partial charge >= 0.3 is 5.97 Å². The molecule has 2 aromatic heterocycles. The highest BCUT2D eigenvalue weighted by Crippen LogP contribution is 2.18. The van der Waals surface area contributed by atoms with Gasteiger partial charge in [-0.2, -0.15) is 0 Å². The van der Waals surface area contributed by atoms with Crippen LogP contribution in [0.3, 0.4) is 0 Å². The van der Waals surface area contributed by atoms with Gasteiger partial charge < -0.3 is 14.9 Å². The Morgan fingerprint density at radius 1 is 1.24 bits per heavy atom. The number of aromatic carboxylic acids is 1. The number of carbonyl (C=O) groups is 1. The lowest BCUT2D eigenvalue weighted by molar-refractivity contribution is 0.0687. The number of carboxylic acid groups (broad SMARTS) is 1. The third-order valence-corrected chi connectivity index (χ3v) is 2.81. The SMILES string of the molecule is O=C(O)c1cccc2nc(COc3cccc(O)c3)nn12. The van der Waals surface area contributed by atoms with Gasteiger partial charge in [0.25, 0.3) is 0 Å². The molecule has 0 fully saturated rings. The number of pyridine rings is 1. The third-order valence-electron chi connectivity index (χ3n) is 2.81. The summed E-state index contributed by atoms with van der Waals surface area (Å²) in [5.74, 6) is -0.145. The zero-order valence-corrected chi connectivity index (χ0v) is 10.8. The lowest BCUT2D eigenvalue weighted by Crippen LogP contribution is -2.06. The van der Waals surface area contributed by atoms with E-state index < -0.39 is 5.97 Å². The minimum Gasteiger partial charge on any atom is -0.508 e. The second-order valence-electron chi connectivity index (χ2n) is 4.30. The molecule has 0 saturated carbocycles. The minimum atomic E-state index is -1.08. The van der Waals surface area contributed by atoms with Crippen molar-refractivity contribution in [1.29, 1.82) is 0 Å². The van der Waals surface area contributed by atoms with Gasteiger partial charge in [-0.25, -0.2) is 14.3 Å². The molecule has 0 amide bonds. The lowest BCUT2D eigenvalue weighted by atomic mass is 10.3. The summed E-state index contributed by atoms with van der Waals surface area (Å²) in [4.78, 5) is 15.3. The van der Waals surface area contributed by atoms with E-state index in [4.69, 9.17) is 9.84 Å². The molecule has 7 heteroatoms. The first-order chi connectivity index (χ1) is 10.1. The van der Waals surface area contributed by atoms with Gasteiger partial charge in [-0.05, 0) is 24.3 Å². The van der Waals surface area contributed by atoms with E-state index >= 15 is 0 Å². The van der Waals surface area contributed by atoms with Gasteiger partial charge in [0.2, 0.25) is 0 Å². The van der Waals surface area contributed by atoms with Gasteiger partial charge in [0.05, 0.1) is 0 Å². The number of rotatable bonds is 4. The van der Waals surface area contributed by atoms with Crippen molar-refractivity contribution >= 4 is 11.6 Å². The Bertz CT molecular complexity index is 813. The molecule has 0 radical (unpaired) electrons. The van der Waals surface area contributed by atoms with E-state index in [1.165, 1.54) is 22.7 Å². The molecule has 0 aliphatic rings. The fourth-order valence-electron chi connectivity index (χ4n) is 1.89.